The Morgan fingerprint density at radius 1 is 1.18 bits per heavy atom. The number of hydrogen-bond acceptors (Lipinski definition) is 3. The van der Waals surface area contributed by atoms with Crippen molar-refractivity contribution in [3.8, 4) is 5.75 Å². The Kier molecular flexibility index (Phi) is 5.42. The maximum Gasteiger partial charge on any atom is 0.228 e. The zero-order valence-corrected chi connectivity index (χ0v) is 13.3. The molecule has 0 aromatic heterocycles. The fraction of sp³-hybridized carbons (Fsp3) is 0.278. The van der Waals surface area contributed by atoms with Crippen LogP contribution in [0.25, 0.3) is 0 Å². The van der Waals surface area contributed by atoms with Gasteiger partial charge in [-0.1, -0.05) is 24.3 Å². The van der Waals surface area contributed by atoms with E-state index in [9.17, 15) is 4.79 Å². The zero-order chi connectivity index (χ0) is 15.9. The van der Waals surface area contributed by atoms with E-state index >= 15 is 0 Å². The number of anilines is 2. The van der Waals surface area contributed by atoms with Gasteiger partial charge in [0.25, 0.3) is 0 Å². The van der Waals surface area contributed by atoms with Crippen LogP contribution in [0.5, 0.6) is 5.75 Å². The van der Waals surface area contributed by atoms with Crippen molar-refractivity contribution in [1.82, 2.24) is 0 Å². The number of benzene rings is 2. The van der Waals surface area contributed by atoms with Crippen molar-refractivity contribution in [2.75, 3.05) is 30.9 Å². The molecule has 1 N–H and O–H groups in total. The monoisotopic (exact) mass is 298 g/mol. The third-order valence-electron chi connectivity index (χ3n) is 3.53. The lowest BCUT2D eigenvalue weighted by molar-refractivity contribution is -0.118. The van der Waals surface area contributed by atoms with Crippen LogP contribution in [0.3, 0.4) is 0 Å². The Bertz CT molecular complexity index is 626. The second-order valence-electron chi connectivity index (χ2n) is 5.17. The summed E-state index contributed by atoms with van der Waals surface area (Å²) in [5, 5.41) is 3.27. The first kappa shape index (κ1) is 15.9. The molecule has 1 amide bonds. The van der Waals surface area contributed by atoms with Crippen molar-refractivity contribution in [1.29, 1.82) is 0 Å². The summed E-state index contributed by atoms with van der Waals surface area (Å²) < 4.78 is 5.32. The van der Waals surface area contributed by atoms with Crippen LogP contribution in [0.4, 0.5) is 11.4 Å². The van der Waals surface area contributed by atoms with Crippen molar-refractivity contribution < 1.29 is 9.53 Å². The summed E-state index contributed by atoms with van der Waals surface area (Å²) in [5.74, 6) is 0.861. The molecule has 2 aromatic rings. The van der Waals surface area contributed by atoms with Gasteiger partial charge in [-0.2, -0.15) is 0 Å². The summed E-state index contributed by atoms with van der Waals surface area (Å²) in [7, 11) is 3.44. The fourth-order valence-electron chi connectivity index (χ4n) is 2.23. The third-order valence-corrected chi connectivity index (χ3v) is 3.53. The van der Waals surface area contributed by atoms with Gasteiger partial charge in [-0.25, -0.2) is 0 Å². The molecule has 0 aliphatic rings. The Morgan fingerprint density at radius 2 is 1.91 bits per heavy atom. The average Bonchev–Trinajstić information content (AvgIpc) is 2.55. The molecule has 0 bridgehead atoms. The standard InChI is InChI=1S/C18H22N2O2/c1-14-9-10-17(22-3)16(13-14)19-12-11-18(21)20(2)15-7-5-4-6-8-15/h4-10,13,19H,11-12H2,1-3H3. The van der Waals surface area contributed by atoms with Crippen LogP contribution in [0.15, 0.2) is 48.5 Å². The minimum Gasteiger partial charge on any atom is -0.495 e. The number of aryl methyl sites for hydroxylation is 1. The predicted molar refractivity (Wildman–Crippen MR) is 90.7 cm³/mol. The highest BCUT2D eigenvalue weighted by molar-refractivity contribution is 5.93. The van der Waals surface area contributed by atoms with Crippen molar-refractivity contribution in [3.63, 3.8) is 0 Å². The topological polar surface area (TPSA) is 41.6 Å². The summed E-state index contributed by atoms with van der Waals surface area (Å²) >= 11 is 0. The number of ether oxygens (including phenoxy) is 1. The fourth-order valence-corrected chi connectivity index (χ4v) is 2.23. The Morgan fingerprint density at radius 3 is 2.59 bits per heavy atom. The van der Waals surface area contributed by atoms with Crippen molar-refractivity contribution in [2.24, 2.45) is 0 Å². The molecule has 0 saturated carbocycles. The van der Waals surface area contributed by atoms with Gasteiger partial charge in [0, 0.05) is 25.7 Å². The molecule has 2 aromatic carbocycles. The SMILES string of the molecule is COc1ccc(C)cc1NCCC(=O)N(C)c1ccccc1. The summed E-state index contributed by atoms with van der Waals surface area (Å²) in [5.41, 5.74) is 2.97. The molecule has 0 fully saturated rings. The molecule has 0 aliphatic heterocycles. The van der Waals surface area contributed by atoms with E-state index in [-0.39, 0.29) is 5.91 Å². The number of rotatable bonds is 6. The highest BCUT2D eigenvalue weighted by Gasteiger charge is 2.10. The zero-order valence-electron chi connectivity index (χ0n) is 13.3. The number of carbonyl (C=O) groups is 1. The third kappa shape index (κ3) is 4.01. The molecular formula is C18H22N2O2. The first-order valence-electron chi connectivity index (χ1n) is 7.32. The summed E-state index contributed by atoms with van der Waals surface area (Å²) in [6, 6.07) is 15.6. The normalized spacial score (nSPS) is 10.1. The predicted octanol–water partition coefficient (Wildman–Crippen LogP) is 3.47. The second kappa shape index (κ2) is 7.50. The van der Waals surface area contributed by atoms with Crippen molar-refractivity contribution in [3.05, 3.63) is 54.1 Å². The lowest BCUT2D eigenvalue weighted by Crippen LogP contribution is -2.27. The number of para-hydroxylation sites is 1. The van der Waals surface area contributed by atoms with E-state index in [1.807, 2.05) is 55.5 Å². The number of nitrogens with zero attached hydrogens (tertiary/aromatic N) is 1. The number of amides is 1. The Labute approximate surface area is 131 Å². The van der Waals surface area contributed by atoms with E-state index in [2.05, 4.69) is 5.32 Å². The van der Waals surface area contributed by atoms with Crippen molar-refractivity contribution >= 4 is 17.3 Å². The molecule has 0 heterocycles. The molecule has 0 atom stereocenters. The van der Waals surface area contributed by atoms with Crippen LogP contribution in [-0.4, -0.2) is 26.6 Å². The van der Waals surface area contributed by atoms with Gasteiger partial charge in [-0.3, -0.25) is 4.79 Å². The molecule has 0 aliphatic carbocycles. The summed E-state index contributed by atoms with van der Waals surface area (Å²) in [4.78, 5) is 13.9. The van der Waals surface area contributed by atoms with Crippen LogP contribution < -0.4 is 15.0 Å². The quantitative estimate of drug-likeness (QED) is 0.888. The van der Waals surface area contributed by atoms with Gasteiger partial charge in [0.1, 0.15) is 5.75 Å². The maximum atomic E-state index is 12.2. The summed E-state index contributed by atoms with van der Waals surface area (Å²) in [6.45, 7) is 2.59. The molecule has 0 radical (unpaired) electrons. The lowest BCUT2D eigenvalue weighted by atomic mass is 10.2. The van der Waals surface area contributed by atoms with E-state index in [0.29, 0.717) is 13.0 Å². The van der Waals surface area contributed by atoms with E-state index in [1.54, 1.807) is 19.1 Å². The first-order valence-corrected chi connectivity index (χ1v) is 7.32. The van der Waals surface area contributed by atoms with Crippen LogP contribution in [0.2, 0.25) is 0 Å². The number of nitrogens with one attached hydrogen (secondary N) is 1. The van der Waals surface area contributed by atoms with Gasteiger partial charge < -0.3 is 15.0 Å². The van der Waals surface area contributed by atoms with Gasteiger partial charge in [0.15, 0.2) is 0 Å². The number of carbonyl (C=O) groups excluding carboxylic acids is 1. The maximum absolute atomic E-state index is 12.2. The van der Waals surface area contributed by atoms with Gasteiger partial charge in [-0.05, 0) is 36.8 Å². The van der Waals surface area contributed by atoms with E-state index in [0.717, 1.165) is 22.7 Å². The molecule has 22 heavy (non-hydrogen) atoms. The van der Waals surface area contributed by atoms with Crippen LogP contribution in [0, 0.1) is 6.92 Å². The van der Waals surface area contributed by atoms with E-state index in [4.69, 9.17) is 4.74 Å². The molecule has 2 rings (SSSR count). The van der Waals surface area contributed by atoms with Crippen LogP contribution >= 0.6 is 0 Å². The van der Waals surface area contributed by atoms with Crippen molar-refractivity contribution in [2.45, 2.75) is 13.3 Å². The summed E-state index contributed by atoms with van der Waals surface area (Å²) in [6.07, 6.45) is 0.419. The molecule has 0 unspecified atom stereocenters. The lowest BCUT2D eigenvalue weighted by Gasteiger charge is -2.18. The molecule has 4 nitrogen and oxygen atoms in total. The largest absolute Gasteiger partial charge is 0.495 e. The minimum absolute atomic E-state index is 0.0744. The highest BCUT2D eigenvalue weighted by atomic mass is 16.5. The highest BCUT2D eigenvalue weighted by Crippen LogP contribution is 2.25. The van der Waals surface area contributed by atoms with Gasteiger partial charge >= 0.3 is 0 Å². The van der Waals surface area contributed by atoms with E-state index < -0.39 is 0 Å². The number of methoxy groups -OCH3 is 1. The number of hydrogen-bond donors (Lipinski definition) is 1. The molecule has 0 saturated heterocycles. The molecule has 0 spiro atoms. The van der Waals surface area contributed by atoms with Crippen LogP contribution in [-0.2, 0) is 4.79 Å². The molecule has 116 valence electrons. The Balaban J connectivity index is 1.91. The second-order valence-corrected chi connectivity index (χ2v) is 5.17. The van der Waals surface area contributed by atoms with E-state index in [1.165, 1.54) is 0 Å². The minimum atomic E-state index is 0.0744. The van der Waals surface area contributed by atoms with Crippen LogP contribution in [0.1, 0.15) is 12.0 Å². The smallest absolute Gasteiger partial charge is 0.228 e. The first-order chi connectivity index (χ1) is 10.6. The Hall–Kier alpha value is -2.49. The molecular weight excluding hydrogens is 276 g/mol. The average molecular weight is 298 g/mol. The van der Waals surface area contributed by atoms with Gasteiger partial charge in [0.05, 0.1) is 12.8 Å². The van der Waals surface area contributed by atoms with Gasteiger partial charge in [-0.15, -0.1) is 0 Å². The van der Waals surface area contributed by atoms with Gasteiger partial charge in [0.2, 0.25) is 5.91 Å². The molecule has 4 heteroatoms.